The molecule has 1 aliphatic carbocycles. The highest BCUT2D eigenvalue weighted by atomic mass is 32.1. The zero-order valence-electron chi connectivity index (χ0n) is 13.4. The van der Waals surface area contributed by atoms with E-state index in [-0.39, 0.29) is 12.4 Å². The van der Waals surface area contributed by atoms with Crippen LogP contribution in [0, 0.1) is 0 Å². The molecule has 2 aliphatic rings. The third-order valence-corrected chi connectivity index (χ3v) is 5.79. The van der Waals surface area contributed by atoms with Crippen LogP contribution in [-0.2, 0) is 12.8 Å². The number of nitrogens with zero attached hydrogens (tertiary/aromatic N) is 3. The zero-order valence-corrected chi connectivity index (χ0v) is 14.2. The summed E-state index contributed by atoms with van der Waals surface area (Å²) in [5.41, 5.74) is 1.92. The molecule has 6 nitrogen and oxygen atoms in total. The summed E-state index contributed by atoms with van der Waals surface area (Å²) in [7, 11) is 0. The molecule has 0 unspecified atom stereocenters. The Kier molecular flexibility index (Phi) is 3.34. The lowest BCUT2D eigenvalue weighted by atomic mass is 9.97. The molecule has 5 rings (SSSR count). The van der Waals surface area contributed by atoms with Crippen LogP contribution in [-0.4, -0.2) is 22.7 Å². The Morgan fingerprint density at radius 2 is 2.08 bits per heavy atom. The fraction of sp³-hybridized carbons (Fsp3) is 0.278. The largest absolute Gasteiger partial charge is 0.454 e. The average molecular weight is 353 g/mol. The predicted octanol–water partition coefficient (Wildman–Crippen LogP) is 2.95. The summed E-state index contributed by atoms with van der Waals surface area (Å²) >= 11 is 1.64. The number of hydrogen-bond donors (Lipinski definition) is 0. The van der Waals surface area contributed by atoms with E-state index in [1.54, 1.807) is 17.6 Å². The topological polar surface area (TPSA) is 65.7 Å². The summed E-state index contributed by atoms with van der Waals surface area (Å²) < 4.78 is 12.0. The summed E-state index contributed by atoms with van der Waals surface area (Å²) in [6.07, 6.45) is 7.47. The number of benzene rings is 1. The molecule has 1 aromatic carbocycles. The van der Waals surface area contributed by atoms with Gasteiger partial charge in [0.2, 0.25) is 6.79 Å². The van der Waals surface area contributed by atoms with E-state index in [1.165, 1.54) is 27.9 Å². The van der Waals surface area contributed by atoms with Gasteiger partial charge in [-0.3, -0.25) is 4.79 Å². The molecule has 25 heavy (non-hydrogen) atoms. The lowest BCUT2D eigenvalue weighted by molar-refractivity contribution is 0.174. The summed E-state index contributed by atoms with van der Waals surface area (Å²) in [5, 5.41) is 5.05. The number of ether oxygens (including phenoxy) is 2. The van der Waals surface area contributed by atoms with Gasteiger partial charge >= 0.3 is 0 Å². The lowest BCUT2D eigenvalue weighted by Crippen LogP contribution is -2.18. The number of fused-ring (bicyclic) bond motifs is 4. The first-order valence-electron chi connectivity index (χ1n) is 8.25. The number of rotatable bonds is 2. The second-order valence-electron chi connectivity index (χ2n) is 6.14. The van der Waals surface area contributed by atoms with Crippen LogP contribution in [0.25, 0.3) is 10.2 Å². The van der Waals surface area contributed by atoms with Crippen molar-refractivity contribution >= 4 is 27.8 Å². The van der Waals surface area contributed by atoms with Crippen LogP contribution >= 0.6 is 11.3 Å². The molecular weight excluding hydrogens is 338 g/mol. The standard InChI is InChI=1S/C18H15N3O3S/c22-18-16-12-3-1-2-4-15(12)25-17(16)19-9-21(18)20-8-11-5-6-13-14(7-11)24-10-23-13/h5-9H,1-4,10H2/b20-8-. The Morgan fingerprint density at radius 1 is 1.20 bits per heavy atom. The van der Waals surface area contributed by atoms with Gasteiger partial charge in [-0.15, -0.1) is 11.3 Å². The molecule has 7 heteroatoms. The van der Waals surface area contributed by atoms with Gasteiger partial charge in [-0.1, -0.05) is 0 Å². The normalized spacial score (nSPS) is 15.8. The molecule has 0 fully saturated rings. The minimum Gasteiger partial charge on any atom is -0.454 e. The quantitative estimate of drug-likeness (QED) is 0.665. The van der Waals surface area contributed by atoms with Crippen LogP contribution in [0.3, 0.4) is 0 Å². The molecular formula is C18H15N3O3S. The molecule has 0 saturated heterocycles. The molecule has 3 aromatic rings. The van der Waals surface area contributed by atoms with Gasteiger partial charge in [0.1, 0.15) is 11.2 Å². The third kappa shape index (κ3) is 2.42. The van der Waals surface area contributed by atoms with Crippen molar-refractivity contribution in [3.63, 3.8) is 0 Å². The van der Waals surface area contributed by atoms with Crippen LogP contribution in [0.4, 0.5) is 0 Å². The maximum Gasteiger partial charge on any atom is 0.282 e. The van der Waals surface area contributed by atoms with E-state index in [0.717, 1.165) is 40.8 Å². The zero-order chi connectivity index (χ0) is 16.8. The van der Waals surface area contributed by atoms with Crippen LogP contribution in [0.1, 0.15) is 28.8 Å². The highest BCUT2D eigenvalue weighted by molar-refractivity contribution is 7.18. The summed E-state index contributed by atoms with van der Waals surface area (Å²) in [4.78, 5) is 19.4. The Labute approximate surface area is 147 Å². The number of aromatic nitrogens is 2. The maximum atomic E-state index is 12.8. The summed E-state index contributed by atoms with van der Waals surface area (Å²) in [6, 6.07) is 5.55. The summed E-state index contributed by atoms with van der Waals surface area (Å²) in [5.74, 6) is 1.42. The van der Waals surface area contributed by atoms with Crippen molar-refractivity contribution in [2.45, 2.75) is 25.7 Å². The third-order valence-electron chi connectivity index (χ3n) is 4.59. The van der Waals surface area contributed by atoms with Crippen molar-refractivity contribution in [2.75, 3.05) is 6.79 Å². The highest BCUT2D eigenvalue weighted by Crippen LogP contribution is 2.33. The molecule has 1 aliphatic heterocycles. The van der Waals surface area contributed by atoms with Gasteiger partial charge < -0.3 is 9.47 Å². The predicted molar refractivity (Wildman–Crippen MR) is 96.1 cm³/mol. The molecule has 0 N–H and O–H groups in total. The van der Waals surface area contributed by atoms with Crippen molar-refractivity contribution in [3.05, 3.63) is 50.9 Å². The van der Waals surface area contributed by atoms with Crippen molar-refractivity contribution in [1.82, 2.24) is 9.66 Å². The monoisotopic (exact) mass is 353 g/mol. The molecule has 0 spiro atoms. The van der Waals surface area contributed by atoms with E-state index in [9.17, 15) is 4.79 Å². The fourth-order valence-electron chi connectivity index (χ4n) is 3.34. The van der Waals surface area contributed by atoms with E-state index in [4.69, 9.17) is 9.47 Å². The first-order valence-corrected chi connectivity index (χ1v) is 9.07. The number of hydrogen-bond acceptors (Lipinski definition) is 6. The van der Waals surface area contributed by atoms with Gasteiger partial charge in [0.15, 0.2) is 11.5 Å². The smallest absolute Gasteiger partial charge is 0.282 e. The van der Waals surface area contributed by atoms with E-state index >= 15 is 0 Å². The molecule has 0 amide bonds. The van der Waals surface area contributed by atoms with Crippen LogP contribution < -0.4 is 15.0 Å². The van der Waals surface area contributed by atoms with Crippen molar-refractivity contribution in [2.24, 2.45) is 5.10 Å². The minimum atomic E-state index is -0.0959. The minimum absolute atomic E-state index is 0.0959. The van der Waals surface area contributed by atoms with Gasteiger partial charge in [-0.2, -0.15) is 9.78 Å². The second-order valence-corrected chi connectivity index (χ2v) is 7.23. The van der Waals surface area contributed by atoms with Gasteiger partial charge in [0.05, 0.1) is 11.6 Å². The van der Waals surface area contributed by atoms with Gasteiger partial charge in [0.25, 0.3) is 5.56 Å². The first kappa shape index (κ1) is 14.7. The van der Waals surface area contributed by atoms with Crippen LogP contribution in [0.2, 0.25) is 0 Å². The van der Waals surface area contributed by atoms with Crippen molar-refractivity contribution < 1.29 is 9.47 Å². The number of thiophene rings is 1. The second kappa shape index (κ2) is 5.70. The lowest BCUT2D eigenvalue weighted by Gasteiger charge is -2.09. The van der Waals surface area contributed by atoms with E-state index in [0.29, 0.717) is 5.75 Å². The molecule has 3 heterocycles. The SMILES string of the molecule is O=c1c2c3c(sc2ncn1/N=C\c1ccc2c(c1)OCO2)CCCC3. The Morgan fingerprint density at radius 3 is 3.04 bits per heavy atom. The van der Waals surface area contributed by atoms with Gasteiger partial charge in [-0.25, -0.2) is 4.98 Å². The average Bonchev–Trinajstić information content (AvgIpc) is 3.25. The molecule has 0 bridgehead atoms. The van der Waals surface area contributed by atoms with Crippen molar-refractivity contribution in [1.29, 1.82) is 0 Å². The van der Waals surface area contributed by atoms with E-state index < -0.39 is 0 Å². The van der Waals surface area contributed by atoms with Crippen LogP contribution in [0.15, 0.2) is 34.4 Å². The molecule has 0 atom stereocenters. The maximum absolute atomic E-state index is 12.8. The molecule has 0 radical (unpaired) electrons. The highest BCUT2D eigenvalue weighted by Gasteiger charge is 2.20. The Hall–Kier alpha value is -2.67. The molecule has 126 valence electrons. The van der Waals surface area contributed by atoms with Crippen LogP contribution in [0.5, 0.6) is 11.5 Å². The van der Waals surface area contributed by atoms with Gasteiger partial charge in [0, 0.05) is 4.88 Å². The molecule has 0 saturated carbocycles. The first-order chi connectivity index (χ1) is 12.3. The van der Waals surface area contributed by atoms with E-state index in [2.05, 4.69) is 10.1 Å². The Balaban J connectivity index is 1.54. The van der Waals surface area contributed by atoms with Gasteiger partial charge in [-0.05, 0) is 55.0 Å². The van der Waals surface area contributed by atoms with Crippen molar-refractivity contribution in [3.8, 4) is 11.5 Å². The van der Waals surface area contributed by atoms with E-state index in [1.807, 2.05) is 18.2 Å². The summed E-state index contributed by atoms with van der Waals surface area (Å²) in [6.45, 7) is 0.235. The Bertz CT molecular complexity index is 1070. The molecule has 2 aromatic heterocycles. The number of aryl methyl sites for hydroxylation is 2. The fourth-order valence-corrected chi connectivity index (χ4v) is 4.56.